The highest BCUT2D eigenvalue weighted by atomic mass is 35.5. The molecule has 1 aromatic carbocycles. The molecule has 0 aliphatic heterocycles. The average molecular weight is 409 g/mol. The lowest BCUT2D eigenvalue weighted by molar-refractivity contribution is -0.154. The van der Waals surface area contributed by atoms with Gasteiger partial charge in [-0.25, -0.2) is 0 Å². The lowest BCUT2D eigenvalue weighted by atomic mass is 9.71. The minimum absolute atomic E-state index is 0.0408. The molecular weight excluding hydrogens is 392 g/mol. The maximum absolute atomic E-state index is 12.7. The zero-order valence-corrected chi connectivity index (χ0v) is 15.4. The summed E-state index contributed by atoms with van der Waals surface area (Å²) in [6.07, 6.45) is -2.62. The van der Waals surface area contributed by atoms with Gasteiger partial charge in [0.05, 0.1) is 12.2 Å². The number of hydrogen-bond donors (Lipinski definition) is 0. The molecule has 1 aliphatic rings. The van der Waals surface area contributed by atoms with E-state index in [2.05, 4.69) is 0 Å². The molecule has 0 bridgehead atoms. The minimum atomic E-state index is -4.42. The molecule has 1 aliphatic carbocycles. The van der Waals surface area contributed by atoms with Crippen LogP contribution in [0.3, 0.4) is 0 Å². The van der Waals surface area contributed by atoms with Crippen LogP contribution in [0.2, 0.25) is 0 Å². The van der Waals surface area contributed by atoms with Crippen LogP contribution in [0.15, 0.2) is 34.8 Å². The maximum Gasteiger partial charge on any atom is 0.416 e. The van der Waals surface area contributed by atoms with Gasteiger partial charge in [0.15, 0.2) is 0 Å². The number of esters is 1. The Morgan fingerprint density at radius 1 is 1.27 bits per heavy atom. The molecule has 0 amide bonds. The number of benzene rings is 1. The zero-order valence-electron chi connectivity index (χ0n) is 13.9. The van der Waals surface area contributed by atoms with Gasteiger partial charge in [0, 0.05) is 12.3 Å². The molecule has 1 aromatic rings. The fraction of sp³-hybridized carbons (Fsp3) is 0.444. The van der Waals surface area contributed by atoms with Crippen molar-refractivity contribution in [1.82, 2.24) is 0 Å². The Kier molecular flexibility index (Phi) is 6.74. The molecule has 0 aromatic heterocycles. The third-order valence-corrected chi connectivity index (χ3v) is 4.62. The predicted octanol–water partition coefficient (Wildman–Crippen LogP) is 5.27. The topological polar surface area (TPSA) is 43.4 Å². The maximum atomic E-state index is 12.7. The first-order valence-electron chi connectivity index (χ1n) is 8.02. The highest BCUT2D eigenvalue weighted by Gasteiger charge is 2.42. The second-order valence-electron chi connectivity index (χ2n) is 6.07. The van der Waals surface area contributed by atoms with Gasteiger partial charge in [-0.1, -0.05) is 35.3 Å². The van der Waals surface area contributed by atoms with Crippen molar-refractivity contribution in [3.05, 3.63) is 46.0 Å². The van der Waals surface area contributed by atoms with Crippen LogP contribution in [0.4, 0.5) is 13.2 Å². The Hall–Kier alpha value is -1.53. The molecule has 3 unspecified atom stereocenters. The third kappa shape index (κ3) is 5.01. The van der Waals surface area contributed by atoms with Crippen molar-refractivity contribution in [3.63, 3.8) is 0 Å². The number of halogens is 5. The summed E-state index contributed by atoms with van der Waals surface area (Å²) in [4.78, 5) is 24.6. The Balaban J connectivity index is 2.27. The Bertz CT molecular complexity index is 695. The van der Waals surface area contributed by atoms with Gasteiger partial charge < -0.3 is 4.74 Å². The molecule has 26 heavy (non-hydrogen) atoms. The standard InChI is InChI=1S/C18H17Cl2F3O3/c1-2-26-17(25)16-12(9-15(19)20)7-11(8-14(16)24)10-3-5-13(6-4-10)18(21,22)23/h3-6,9,11-12,16H,2,7-8H2,1H3. The van der Waals surface area contributed by atoms with E-state index in [-0.39, 0.29) is 29.2 Å². The average Bonchev–Trinajstić information content (AvgIpc) is 2.53. The summed E-state index contributed by atoms with van der Waals surface area (Å²) < 4.78 is 43.0. The van der Waals surface area contributed by atoms with Crippen LogP contribution in [-0.2, 0) is 20.5 Å². The van der Waals surface area contributed by atoms with Crippen LogP contribution in [-0.4, -0.2) is 18.4 Å². The number of alkyl halides is 3. The summed E-state index contributed by atoms with van der Waals surface area (Å²) in [5, 5.41) is 0. The van der Waals surface area contributed by atoms with Crippen LogP contribution >= 0.6 is 23.2 Å². The molecular formula is C18H17Cl2F3O3. The first-order valence-corrected chi connectivity index (χ1v) is 8.78. The van der Waals surface area contributed by atoms with Crippen molar-refractivity contribution in [2.24, 2.45) is 11.8 Å². The highest BCUT2D eigenvalue weighted by molar-refractivity contribution is 6.55. The minimum Gasteiger partial charge on any atom is -0.465 e. The molecule has 2 rings (SSSR count). The Labute approximate surface area is 159 Å². The zero-order chi connectivity index (χ0) is 19.5. The van der Waals surface area contributed by atoms with Gasteiger partial charge in [-0.3, -0.25) is 9.59 Å². The van der Waals surface area contributed by atoms with Crippen molar-refractivity contribution in [2.45, 2.75) is 31.9 Å². The number of Topliss-reactive ketones (excluding diaryl/α,β-unsaturated/α-hetero) is 1. The number of ketones is 1. The van der Waals surface area contributed by atoms with Gasteiger partial charge >= 0.3 is 12.1 Å². The van der Waals surface area contributed by atoms with Crippen molar-refractivity contribution in [1.29, 1.82) is 0 Å². The molecule has 0 N–H and O–H groups in total. The molecule has 0 spiro atoms. The quantitative estimate of drug-likeness (QED) is 0.503. The third-order valence-electron chi connectivity index (χ3n) is 4.37. The predicted molar refractivity (Wildman–Crippen MR) is 91.8 cm³/mol. The molecule has 3 nitrogen and oxygen atoms in total. The van der Waals surface area contributed by atoms with Crippen molar-refractivity contribution < 1.29 is 27.5 Å². The van der Waals surface area contributed by atoms with Gasteiger partial charge in [0.25, 0.3) is 0 Å². The van der Waals surface area contributed by atoms with E-state index in [1.165, 1.54) is 18.2 Å². The fourth-order valence-electron chi connectivity index (χ4n) is 3.22. The number of carbonyl (C=O) groups excluding carboxylic acids is 2. The van der Waals surface area contributed by atoms with Gasteiger partial charge in [0.2, 0.25) is 0 Å². The SMILES string of the molecule is CCOC(=O)C1C(=O)CC(c2ccc(C(F)(F)F)cc2)CC1C=C(Cl)Cl. The van der Waals surface area contributed by atoms with Gasteiger partial charge in [0.1, 0.15) is 16.2 Å². The van der Waals surface area contributed by atoms with Crippen molar-refractivity contribution >= 4 is 35.0 Å². The lowest BCUT2D eigenvalue weighted by Gasteiger charge is -2.32. The summed E-state index contributed by atoms with van der Waals surface area (Å²) in [6, 6.07) is 4.68. The van der Waals surface area contributed by atoms with E-state index in [1.54, 1.807) is 6.92 Å². The second-order valence-corrected chi connectivity index (χ2v) is 7.08. The number of rotatable bonds is 4. The number of carbonyl (C=O) groups is 2. The number of ether oxygens (including phenoxy) is 1. The molecule has 0 heterocycles. The Morgan fingerprint density at radius 2 is 1.88 bits per heavy atom. The fourth-order valence-corrected chi connectivity index (χ4v) is 3.54. The molecule has 1 saturated carbocycles. The lowest BCUT2D eigenvalue weighted by Crippen LogP contribution is -2.38. The summed E-state index contributed by atoms with van der Waals surface area (Å²) in [6.45, 7) is 1.77. The Morgan fingerprint density at radius 3 is 2.38 bits per heavy atom. The van der Waals surface area contributed by atoms with E-state index in [0.29, 0.717) is 12.0 Å². The van der Waals surface area contributed by atoms with E-state index < -0.39 is 29.5 Å². The normalized spacial score (nSPS) is 23.5. The number of allylic oxidation sites excluding steroid dienone is 1. The highest BCUT2D eigenvalue weighted by Crippen LogP contribution is 2.40. The summed E-state index contributed by atoms with van der Waals surface area (Å²) in [5.74, 6) is -2.89. The smallest absolute Gasteiger partial charge is 0.416 e. The molecule has 3 atom stereocenters. The van der Waals surface area contributed by atoms with Gasteiger partial charge in [-0.05, 0) is 43.0 Å². The van der Waals surface area contributed by atoms with Gasteiger partial charge in [-0.2, -0.15) is 13.2 Å². The van der Waals surface area contributed by atoms with Crippen molar-refractivity contribution in [3.8, 4) is 0 Å². The van der Waals surface area contributed by atoms with Crippen LogP contribution in [0, 0.1) is 11.8 Å². The van der Waals surface area contributed by atoms with Crippen LogP contribution in [0.1, 0.15) is 36.8 Å². The number of hydrogen-bond acceptors (Lipinski definition) is 3. The first kappa shape index (κ1) is 20.8. The first-order chi connectivity index (χ1) is 12.1. The van der Waals surface area contributed by atoms with Crippen LogP contribution < -0.4 is 0 Å². The summed E-state index contributed by atoms with van der Waals surface area (Å²) in [7, 11) is 0. The van der Waals surface area contributed by atoms with E-state index >= 15 is 0 Å². The second kappa shape index (κ2) is 8.44. The molecule has 8 heteroatoms. The van der Waals surface area contributed by atoms with Crippen LogP contribution in [0.25, 0.3) is 0 Å². The monoisotopic (exact) mass is 408 g/mol. The molecule has 142 valence electrons. The van der Waals surface area contributed by atoms with Crippen LogP contribution in [0.5, 0.6) is 0 Å². The molecule has 1 fully saturated rings. The largest absolute Gasteiger partial charge is 0.465 e. The van der Waals surface area contributed by atoms with E-state index in [0.717, 1.165) is 12.1 Å². The van der Waals surface area contributed by atoms with E-state index in [4.69, 9.17) is 27.9 Å². The van der Waals surface area contributed by atoms with Gasteiger partial charge in [-0.15, -0.1) is 0 Å². The van der Waals surface area contributed by atoms with E-state index in [9.17, 15) is 22.8 Å². The summed E-state index contributed by atoms with van der Waals surface area (Å²) in [5.41, 5.74) is -0.161. The summed E-state index contributed by atoms with van der Waals surface area (Å²) >= 11 is 11.4. The molecule has 0 radical (unpaired) electrons. The van der Waals surface area contributed by atoms with E-state index in [1.807, 2.05) is 0 Å². The van der Waals surface area contributed by atoms with Crippen molar-refractivity contribution in [2.75, 3.05) is 6.61 Å². The molecule has 0 saturated heterocycles.